The Balaban J connectivity index is 1.77. The van der Waals surface area contributed by atoms with Gasteiger partial charge in [0.1, 0.15) is 12.3 Å². The molecule has 3 rings (SSSR count). The van der Waals surface area contributed by atoms with Crippen molar-refractivity contribution in [2.24, 2.45) is 0 Å². The Hall–Kier alpha value is -3.35. The van der Waals surface area contributed by atoms with Gasteiger partial charge in [0.05, 0.1) is 18.2 Å². The van der Waals surface area contributed by atoms with Gasteiger partial charge in [0.25, 0.3) is 5.91 Å². The molecule has 0 spiro atoms. The van der Waals surface area contributed by atoms with Crippen LogP contribution in [0.3, 0.4) is 0 Å². The first-order valence-corrected chi connectivity index (χ1v) is 8.59. The number of nitrogens with zero attached hydrogens (tertiary/aromatic N) is 1. The second-order valence-electron chi connectivity index (χ2n) is 6.28. The summed E-state index contributed by atoms with van der Waals surface area (Å²) >= 11 is 0. The second kappa shape index (κ2) is 7.90. The van der Waals surface area contributed by atoms with E-state index >= 15 is 0 Å². The number of aliphatic carboxylic acids is 1. The number of hydrogen-bond donors (Lipinski definition) is 2. The number of benzene rings is 2. The molecule has 0 saturated carbocycles. The topological polar surface area (TPSA) is 95.9 Å². The SMILES string of the molecule is C[C@@H]1Oc2ccccc2N(CC(=O)N[C@@H](CC(=O)O)c2ccccc2)C1=O. The molecule has 2 N–H and O–H groups in total. The van der Waals surface area contributed by atoms with Crippen LogP contribution in [0.1, 0.15) is 24.9 Å². The van der Waals surface area contributed by atoms with E-state index in [0.29, 0.717) is 17.0 Å². The molecule has 140 valence electrons. The minimum absolute atomic E-state index is 0.216. The number of carbonyl (C=O) groups is 3. The maximum Gasteiger partial charge on any atom is 0.305 e. The van der Waals surface area contributed by atoms with Gasteiger partial charge in [0.2, 0.25) is 5.91 Å². The molecule has 2 amide bonds. The summed E-state index contributed by atoms with van der Waals surface area (Å²) in [5, 5.41) is 11.9. The molecule has 0 aliphatic carbocycles. The fourth-order valence-electron chi connectivity index (χ4n) is 3.02. The molecule has 1 aliphatic heterocycles. The van der Waals surface area contributed by atoms with Crippen LogP contribution in [0.25, 0.3) is 0 Å². The van der Waals surface area contributed by atoms with Crippen molar-refractivity contribution in [1.29, 1.82) is 0 Å². The van der Waals surface area contributed by atoms with Gasteiger partial charge >= 0.3 is 5.97 Å². The van der Waals surface area contributed by atoms with Crippen LogP contribution in [0.4, 0.5) is 5.69 Å². The van der Waals surface area contributed by atoms with Crippen molar-refractivity contribution in [2.75, 3.05) is 11.4 Å². The molecule has 0 radical (unpaired) electrons. The molecule has 1 aliphatic rings. The molecule has 7 nitrogen and oxygen atoms in total. The zero-order chi connectivity index (χ0) is 19.4. The Kier molecular flexibility index (Phi) is 5.40. The van der Waals surface area contributed by atoms with Crippen molar-refractivity contribution in [3.63, 3.8) is 0 Å². The summed E-state index contributed by atoms with van der Waals surface area (Å²) in [5.41, 5.74) is 1.21. The van der Waals surface area contributed by atoms with E-state index < -0.39 is 24.0 Å². The zero-order valence-electron chi connectivity index (χ0n) is 14.8. The molecule has 2 aromatic carbocycles. The normalized spacial score (nSPS) is 16.9. The summed E-state index contributed by atoms with van der Waals surface area (Å²) in [6.45, 7) is 1.41. The number of anilines is 1. The summed E-state index contributed by atoms with van der Waals surface area (Å²) in [7, 11) is 0. The average Bonchev–Trinajstić information content (AvgIpc) is 2.65. The number of amides is 2. The van der Waals surface area contributed by atoms with Crippen LogP contribution in [0.2, 0.25) is 0 Å². The fraction of sp³-hybridized carbons (Fsp3) is 0.250. The van der Waals surface area contributed by atoms with E-state index in [1.165, 1.54) is 4.90 Å². The highest BCUT2D eigenvalue weighted by Gasteiger charge is 2.33. The van der Waals surface area contributed by atoms with Crippen LogP contribution >= 0.6 is 0 Å². The fourth-order valence-corrected chi connectivity index (χ4v) is 3.02. The highest BCUT2D eigenvalue weighted by atomic mass is 16.5. The number of hydrogen-bond acceptors (Lipinski definition) is 4. The van der Waals surface area contributed by atoms with Crippen molar-refractivity contribution in [1.82, 2.24) is 5.32 Å². The van der Waals surface area contributed by atoms with Gasteiger partial charge in [-0.25, -0.2) is 0 Å². The number of nitrogens with one attached hydrogen (secondary N) is 1. The monoisotopic (exact) mass is 368 g/mol. The Morgan fingerprint density at radius 3 is 2.52 bits per heavy atom. The van der Waals surface area contributed by atoms with Crippen molar-refractivity contribution in [2.45, 2.75) is 25.5 Å². The predicted molar refractivity (Wildman–Crippen MR) is 98.5 cm³/mol. The van der Waals surface area contributed by atoms with E-state index in [4.69, 9.17) is 9.84 Å². The first kappa shape index (κ1) is 18.4. The Bertz CT molecular complexity index is 852. The van der Waals surface area contributed by atoms with Gasteiger partial charge in [-0.05, 0) is 24.6 Å². The summed E-state index contributed by atoms with van der Waals surface area (Å²) in [6, 6.07) is 15.2. The number of fused-ring (bicyclic) bond motifs is 1. The molecule has 2 aromatic rings. The summed E-state index contributed by atoms with van der Waals surface area (Å²) in [6.07, 6.45) is -0.948. The number of carbonyl (C=O) groups excluding carboxylic acids is 2. The largest absolute Gasteiger partial charge is 0.481 e. The van der Waals surface area contributed by atoms with E-state index in [1.807, 2.05) is 6.07 Å². The van der Waals surface area contributed by atoms with Gasteiger partial charge in [0.15, 0.2) is 6.10 Å². The second-order valence-corrected chi connectivity index (χ2v) is 6.28. The van der Waals surface area contributed by atoms with Crippen LogP contribution in [-0.4, -0.2) is 35.5 Å². The first-order chi connectivity index (χ1) is 13.0. The molecule has 7 heteroatoms. The minimum Gasteiger partial charge on any atom is -0.481 e. The molecule has 2 atom stereocenters. The van der Waals surface area contributed by atoms with Gasteiger partial charge in [-0.3, -0.25) is 19.3 Å². The van der Waals surface area contributed by atoms with Gasteiger partial charge in [-0.15, -0.1) is 0 Å². The highest BCUT2D eigenvalue weighted by molar-refractivity contribution is 6.03. The van der Waals surface area contributed by atoms with Crippen molar-refractivity contribution < 1.29 is 24.2 Å². The molecular weight excluding hydrogens is 348 g/mol. The predicted octanol–water partition coefficient (Wildman–Crippen LogP) is 2.13. The van der Waals surface area contributed by atoms with Gasteiger partial charge in [0, 0.05) is 0 Å². The maximum atomic E-state index is 12.6. The van der Waals surface area contributed by atoms with E-state index in [0.717, 1.165) is 0 Å². The lowest BCUT2D eigenvalue weighted by atomic mass is 10.0. The Morgan fingerprint density at radius 1 is 1.15 bits per heavy atom. The summed E-state index contributed by atoms with van der Waals surface area (Å²) in [4.78, 5) is 37.6. The lowest BCUT2D eigenvalue weighted by molar-refractivity contribution is -0.138. The molecule has 27 heavy (non-hydrogen) atoms. The average molecular weight is 368 g/mol. The van der Waals surface area contributed by atoms with Crippen LogP contribution in [0, 0.1) is 0 Å². The molecule has 1 heterocycles. The highest BCUT2D eigenvalue weighted by Crippen LogP contribution is 2.33. The summed E-state index contributed by atoms with van der Waals surface area (Å²) < 4.78 is 5.56. The molecule has 0 saturated heterocycles. The minimum atomic E-state index is -1.02. The van der Waals surface area contributed by atoms with Gasteiger partial charge < -0.3 is 15.2 Å². The van der Waals surface area contributed by atoms with Gasteiger partial charge in [-0.1, -0.05) is 42.5 Å². The van der Waals surface area contributed by atoms with Crippen LogP contribution < -0.4 is 15.0 Å². The quantitative estimate of drug-likeness (QED) is 0.814. The number of ether oxygens (including phenoxy) is 1. The number of rotatable bonds is 6. The lowest BCUT2D eigenvalue weighted by Gasteiger charge is -2.32. The van der Waals surface area contributed by atoms with Crippen LogP contribution in [0.5, 0.6) is 5.75 Å². The molecule has 0 fully saturated rings. The lowest BCUT2D eigenvalue weighted by Crippen LogP contribution is -2.49. The van der Waals surface area contributed by atoms with E-state index in [-0.39, 0.29) is 18.9 Å². The standard InChI is InChI=1S/C20H20N2O5/c1-13-20(26)22(16-9-5-6-10-17(16)27-13)12-18(23)21-15(11-19(24)25)14-7-3-2-4-8-14/h2-10,13,15H,11-12H2,1H3,(H,21,23)(H,24,25)/t13-,15-/m0/s1. The summed E-state index contributed by atoms with van der Waals surface area (Å²) in [5.74, 6) is -1.26. The first-order valence-electron chi connectivity index (χ1n) is 8.59. The Labute approximate surface area is 156 Å². The van der Waals surface area contributed by atoms with E-state index in [9.17, 15) is 14.4 Å². The smallest absolute Gasteiger partial charge is 0.305 e. The van der Waals surface area contributed by atoms with E-state index in [1.54, 1.807) is 55.5 Å². The van der Waals surface area contributed by atoms with Crippen LogP contribution in [-0.2, 0) is 14.4 Å². The van der Waals surface area contributed by atoms with E-state index in [2.05, 4.69) is 5.32 Å². The molecule has 0 unspecified atom stereocenters. The number of carboxylic acids is 1. The third-order valence-electron chi connectivity index (χ3n) is 4.29. The molecular formula is C20H20N2O5. The molecule has 0 aromatic heterocycles. The third kappa shape index (κ3) is 4.25. The van der Waals surface area contributed by atoms with Crippen molar-refractivity contribution >= 4 is 23.5 Å². The number of para-hydroxylation sites is 2. The third-order valence-corrected chi connectivity index (χ3v) is 4.29. The van der Waals surface area contributed by atoms with Crippen molar-refractivity contribution in [3.05, 3.63) is 60.2 Å². The van der Waals surface area contributed by atoms with Crippen LogP contribution in [0.15, 0.2) is 54.6 Å². The van der Waals surface area contributed by atoms with Gasteiger partial charge in [-0.2, -0.15) is 0 Å². The number of carboxylic acid groups (broad SMARTS) is 1. The zero-order valence-corrected chi connectivity index (χ0v) is 14.8. The Morgan fingerprint density at radius 2 is 1.81 bits per heavy atom. The van der Waals surface area contributed by atoms with Crippen molar-refractivity contribution in [3.8, 4) is 5.75 Å². The maximum absolute atomic E-state index is 12.6. The molecule has 0 bridgehead atoms.